The normalized spacial score (nSPS) is 13.8. The number of rotatable bonds is 5. The first-order chi connectivity index (χ1) is 13.1. The predicted molar refractivity (Wildman–Crippen MR) is 106 cm³/mol. The van der Waals surface area contributed by atoms with Gasteiger partial charge in [0.1, 0.15) is 11.6 Å². The van der Waals surface area contributed by atoms with Crippen LogP contribution in [0.4, 0.5) is 17.5 Å². The van der Waals surface area contributed by atoms with Crippen molar-refractivity contribution in [2.75, 3.05) is 30.4 Å². The number of hydrogen-bond acceptors (Lipinski definition) is 6. The average molecular weight is 364 g/mol. The lowest BCUT2D eigenvalue weighted by atomic mass is 10.2. The van der Waals surface area contributed by atoms with E-state index in [0.717, 1.165) is 47.4 Å². The highest BCUT2D eigenvalue weighted by molar-refractivity contribution is 5.62. The summed E-state index contributed by atoms with van der Waals surface area (Å²) in [6.45, 7) is 6.08. The molecule has 7 heteroatoms. The van der Waals surface area contributed by atoms with E-state index in [0.29, 0.717) is 5.95 Å². The number of anilines is 3. The van der Waals surface area contributed by atoms with Gasteiger partial charge in [-0.25, -0.2) is 9.97 Å². The molecule has 27 heavy (non-hydrogen) atoms. The standard InChI is InChI=1S/C20H24N6O/c1-14-10-19(25-8-4-5-9-25)24-20(22-14)23-16-6-7-17(18(11-16)27-3)26-12-15(2)21-13-26/h6-7,10-13H,4-5,8-9H2,1-3H3,(H,22,23,24). The van der Waals surface area contributed by atoms with Gasteiger partial charge < -0.3 is 19.5 Å². The fraction of sp³-hybridized carbons (Fsp3) is 0.350. The Labute approximate surface area is 159 Å². The van der Waals surface area contributed by atoms with E-state index in [4.69, 9.17) is 9.72 Å². The third-order valence-corrected chi connectivity index (χ3v) is 4.70. The molecule has 0 atom stereocenters. The summed E-state index contributed by atoms with van der Waals surface area (Å²) in [5.41, 5.74) is 3.73. The van der Waals surface area contributed by atoms with Crippen molar-refractivity contribution in [2.24, 2.45) is 0 Å². The molecule has 1 N–H and O–H groups in total. The maximum absolute atomic E-state index is 5.58. The lowest BCUT2D eigenvalue weighted by molar-refractivity contribution is 0.413. The van der Waals surface area contributed by atoms with Gasteiger partial charge >= 0.3 is 0 Å². The van der Waals surface area contributed by atoms with Gasteiger partial charge in [-0.1, -0.05) is 0 Å². The molecule has 1 aliphatic rings. The zero-order valence-electron chi connectivity index (χ0n) is 15.9. The van der Waals surface area contributed by atoms with Gasteiger partial charge in [0.15, 0.2) is 0 Å². The molecule has 0 bridgehead atoms. The van der Waals surface area contributed by atoms with Gasteiger partial charge in [0, 0.05) is 42.8 Å². The Balaban J connectivity index is 1.61. The summed E-state index contributed by atoms with van der Waals surface area (Å²) in [6.07, 6.45) is 6.19. The fourth-order valence-corrected chi connectivity index (χ4v) is 3.37. The van der Waals surface area contributed by atoms with Crippen LogP contribution in [-0.4, -0.2) is 39.7 Å². The minimum absolute atomic E-state index is 0.602. The molecule has 7 nitrogen and oxygen atoms in total. The van der Waals surface area contributed by atoms with E-state index in [9.17, 15) is 0 Å². The highest BCUT2D eigenvalue weighted by atomic mass is 16.5. The van der Waals surface area contributed by atoms with Gasteiger partial charge in [-0.15, -0.1) is 0 Å². The number of aryl methyl sites for hydroxylation is 2. The fourth-order valence-electron chi connectivity index (χ4n) is 3.37. The van der Waals surface area contributed by atoms with E-state index < -0.39 is 0 Å². The van der Waals surface area contributed by atoms with E-state index in [1.54, 1.807) is 13.4 Å². The summed E-state index contributed by atoms with van der Waals surface area (Å²) in [5, 5.41) is 3.31. The van der Waals surface area contributed by atoms with Gasteiger partial charge in [0.05, 0.1) is 24.8 Å². The Morgan fingerprint density at radius 3 is 2.56 bits per heavy atom. The Kier molecular flexibility index (Phi) is 4.66. The third-order valence-electron chi connectivity index (χ3n) is 4.70. The zero-order valence-corrected chi connectivity index (χ0v) is 15.9. The molecule has 1 saturated heterocycles. The van der Waals surface area contributed by atoms with E-state index in [1.807, 2.05) is 48.9 Å². The molecule has 0 unspecified atom stereocenters. The van der Waals surface area contributed by atoms with Crippen molar-refractivity contribution in [3.8, 4) is 11.4 Å². The first-order valence-corrected chi connectivity index (χ1v) is 9.19. The number of imidazole rings is 1. The summed E-state index contributed by atoms with van der Waals surface area (Å²) >= 11 is 0. The molecule has 1 aromatic carbocycles. The maximum atomic E-state index is 5.58. The molecule has 3 aromatic rings. The molecule has 4 rings (SSSR count). The monoisotopic (exact) mass is 364 g/mol. The van der Waals surface area contributed by atoms with Crippen molar-refractivity contribution < 1.29 is 4.74 Å². The van der Waals surface area contributed by atoms with Crippen LogP contribution in [0, 0.1) is 13.8 Å². The number of aromatic nitrogens is 4. The van der Waals surface area contributed by atoms with Crippen LogP contribution in [0.5, 0.6) is 5.75 Å². The van der Waals surface area contributed by atoms with Crippen LogP contribution >= 0.6 is 0 Å². The molecule has 0 amide bonds. The summed E-state index contributed by atoms with van der Waals surface area (Å²) < 4.78 is 7.53. The van der Waals surface area contributed by atoms with Crippen LogP contribution in [0.1, 0.15) is 24.2 Å². The highest BCUT2D eigenvalue weighted by Crippen LogP contribution is 2.28. The van der Waals surface area contributed by atoms with Crippen LogP contribution in [0.25, 0.3) is 5.69 Å². The number of ether oxygens (including phenoxy) is 1. The lowest BCUT2D eigenvalue weighted by Crippen LogP contribution is -2.19. The summed E-state index contributed by atoms with van der Waals surface area (Å²) in [7, 11) is 1.67. The molecular formula is C20H24N6O. The van der Waals surface area contributed by atoms with Gasteiger partial charge in [0.25, 0.3) is 0 Å². The minimum Gasteiger partial charge on any atom is -0.494 e. The van der Waals surface area contributed by atoms with Gasteiger partial charge in [-0.2, -0.15) is 4.98 Å². The summed E-state index contributed by atoms with van der Waals surface area (Å²) in [4.78, 5) is 15.8. The lowest BCUT2D eigenvalue weighted by Gasteiger charge is -2.18. The SMILES string of the molecule is COc1cc(Nc2nc(C)cc(N3CCCC3)n2)ccc1-n1cnc(C)c1. The predicted octanol–water partition coefficient (Wildman–Crippen LogP) is 3.63. The summed E-state index contributed by atoms with van der Waals surface area (Å²) in [6, 6.07) is 7.99. The van der Waals surface area contributed by atoms with Crippen molar-refractivity contribution in [1.82, 2.24) is 19.5 Å². The zero-order chi connectivity index (χ0) is 18.8. The second-order valence-electron chi connectivity index (χ2n) is 6.82. The molecule has 0 spiro atoms. The second-order valence-corrected chi connectivity index (χ2v) is 6.82. The summed E-state index contributed by atoms with van der Waals surface area (Å²) in [5.74, 6) is 2.34. The van der Waals surface area contributed by atoms with E-state index in [-0.39, 0.29) is 0 Å². The van der Waals surface area contributed by atoms with Crippen LogP contribution in [0.15, 0.2) is 36.8 Å². The van der Waals surface area contributed by atoms with Crippen LogP contribution in [0.3, 0.4) is 0 Å². The quantitative estimate of drug-likeness (QED) is 0.746. The van der Waals surface area contributed by atoms with Gasteiger partial charge in [-0.3, -0.25) is 0 Å². The topological polar surface area (TPSA) is 68.1 Å². The van der Waals surface area contributed by atoms with Gasteiger partial charge in [-0.05, 0) is 38.8 Å². The minimum atomic E-state index is 0.602. The van der Waals surface area contributed by atoms with Crippen molar-refractivity contribution in [3.05, 3.63) is 48.2 Å². The molecule has 140 valence electrons. The number of methoxy groups -OCH3 is 1. The smallest absolute Gasteiger partial charge is 0.229 e. The number of nitrogens with zero attached hydrogens (tertiary/aromatic N) is 5. The first kappa shape index (κ1) is 17.3. The Hall–Kier alpha value is -3.09. The molecule has 1 aliphatic heterocycles. The first-order valence-electron chi connectivity index (χ1n) is 9.19. The second kappa shape index (κ2) is 7.26. The van der Waals surface area contributed by atoms with Crippen LogP contribution in [-0.2, 0) is 0 Å². The molecule has 0 radical (unpaired) electrons. The highest BCUT2D eigenvalue weighted by Gasteiger charge is 2.15. The molecule has 3 heterocycles. The average Bonchev–Trinajstić information content (AvgIpc) is 3.33. The van der Waals surface area contributed by atoms with Crippen molar-refractivity contribution in [1.29, 1.82) is 0 Å². The molecule has 2 aromatic heterocycles. The third kappa shape index (κ3) is 3.72. The van der Waals surface area contributed by atoms with Crippen LogP contribution < -0.4 is 15.0 Å². The van der Waals surface area contributed by atoms with Crippen molar-refractivity contribution >= 4 is 17.5 Å². The van der Waals surface area contributed by atoms with Crippen molar-refractivity contribution in [3.63, 3.8) is 0 Å². The Morgan fingerprint density at radius 1 is 1.04 bits per heavy atom. The van der Waals surface area contributed by atoms with Crippen molar-refractivity contribution in [2.45, 2.75) is 26.7 Å². The number of hydrogen-bond donors (Lipinski definition) is 1. The van der Waals surface area contributed by atoms with E-state index in [2.05, 4.69) is 20.2 Å². The maximum Gasteiger partial charge on any atom is 0.229 e. The van der Waals surface area contributed by atoms with E-state index >= 15 is 0 Å². The van der Waals surface area contributed by atoms with E-state index in [1.165, 1.54) is 12.8 Å². The molecular weight excluding hydrogens is 340 g/mol. The Morgan fingerprint density at radius 2 is 1.85 bits per heavy atom. The number of nitrogens with one attached hydrogen (secondary N) is 1. The molecule has 0 aliphatic carbocycles. The van der Waals surface area contributed by atoms with Crippen LogP contribution in [0.2, 0.25) is 0 Å². The largest absolute Gasteiger partial charge is 0.494 e. The molecule has 0 saturated carbocycles. The Bertz CT molecular complexity index is 945. The molecule has 1 fully saturated rings. The van der Waals surface area contributed by atoms with Gasteiger partial charge in [0.2, 0.25) is 5.95 Å². The number of benzene rings is 1.